The zero-order valence-electron chi connectivity index (χ0n) is 31.5. The van der Waals surface area contributed by atoms with Crippen LogP contribution in [0.15, 0.2) is 77.4 Å². The van der Waals surface area contributed by atoms with Gasteiger partial charge >= 0.3 is 5.30 Å². The summed E-state index contributed by atoms with van der Waals surface area (Å²) in [6.45, 7) is 32.1. The van der Waals surface area contributed by atoms with Gasteiger partial charge in [-0.1, -0.05) is 110 Å². The zero-order chi connectivity index (χ0) is 35.1. The van der Waals surface area contributed by atoms with E-state index in [0.29, 0.717) is 24.5 Å². The molecule has 0 spiro atoms. The van der Waals surface area contributed by atoms with Crippen molar-refractivity contribution in [3.05, 3.63) is 77.4 Å². The van der Waals surface area contributed by atoms with Crippen LogP contribution in [-0.2, 0) is 8.85 Å². The average molecular weight is 695 g/mol. The first-order valence-corrected chi connectivity index (χ1v) is 24.4. The highest BCUT2D eigenvalue weighted by atomic mass is 32.2. The first-order chi connectivity index (χ1) is 21.6. The molecule has 4 rings (SSSR count). The predicted octanol–water partition coefficient (Wildman–Crippen LogP) is 12.8. The highest BCUT2D eigenvalue weighted by molar-refractivity contribution is 8.14. The van der Waals surface area contributed by atoms with Crippen molar-refractivity contribution in [1.82, 2.24) is 0 Å². The molecule has 0 amide bonds. The molecule has 47 heavy (non-hydrogen) atoms. The monoisotopic (exact) mass is 694 g/mol. The van der Waals surface area contributed by atoms with Crippen molar-refractivity contribution >= 4 is 33.7 Å². The van der Waals surface area contributed by atoms with Gasteiger partial charge in [0.25, 0.3) is 0 Å². The second-order valence-electron chi connectivity index (χ2n) is 17.4. The van der Waals surface area contributed by atoms with Gasteiger partial charge in [-0.05, 0) is 115 Å². The highest BCUT2D eigenvalue weighted by Gasteiger charge is 2.56. The second kappa shape index (κ2) is 13.9. The minimum atomic E-state index is -2.41. The van der Waals surface area contributed by atoms with Crippen LogP contribution in [0.2, 0.25) is 36.3 Å². The van der Waals surface area contributed by atoms with Crippen LogP contribution in [0.1, 0.15) is 100 Å². The molecule has 260 valence electrons. The lowest BCUT2D eigenvalue weighted by Crippen LogP contribution is -2.59. The third-order valence-corrected chi connectivity index (χ3v) is 22.3. The summed E-state index contributed by atoms with van der Waals surface area (Å²) >= 11 is 1.19. The molecule has 3 aliphatic carbocycles. The number of rotatable bonds is 8. The molecule has 0 bridgehead atoms. The van der Waals surface area contributed by atoms with Crippen molar-refractivity contribution in [2.24, 2.45) is 11.3 Å². The van der Waals surface area contributed by atoms with Gasteiger partial charge < -0.3 is 13.6 Å². The Bertz CT molecular complexity index is 1410. The molecule has 1 unspecified atom stereocenters. The topological polar surface area (TPSA) is 44.8 Å². The number of hydrogen-bond donors (Lipinski definition) is 0. The molecule has 0 aromatic heterocycles. The lowest BCUT2D eigenvalue weighted by atomic mass is 9.64. The van der Waals surface area contributed by atoms with Crippen LogP contribution < -0.4 is 4.74 Å². The molecule has 0 heterocycles. The van der Waals surface area contributed by atoms with Crippen molar-refractivity contribution in [2.75, 3.05) is 0 Å². The van der Waals surface area contributed by atoms with Gasteiger partial charge in [0.1, 0.15) is 10.7 Å². The predicted molar refractivity (Wildman–Crippen MR) is 206 cm³/mol. The maximum atomic E-state index is 13.9. The molecule has 2 saturated carbocycles. The summed E-state index contributed by atoms with van der Waals surface area (Å²) in [5, 5.41) is -0.436. The maximum Gasteiger partial charge on any atom is 0.375 e. The van der Waals surface area contributed by atoms with Crippen molar-refractivity contribution in [3.63, 3.8) is 0 Å². The number of carbonyl (C=O) groups excluding carboxylic acids is 1. The standard InChI is InChI=1S/C40H62O4SSi2/c1-14-32-24-25-34-30(19-18-26-39(32,34)9)22-23-31-28-40(44-47(12,13)38(6,7)8,45-36(41)42-33-20-16-15-17-21-33)35(27-29(31)2)43-46(10,11)37(3,4)5/h15-17,20-24,34-35H,2,14,18-19,25-28H2,1,3-13H3/t34-,35?,39+,40+/m0/s1. The molecule has 1 aromatic rings. The lowest BCUT2D eigenvalue weighted by molar-refractivity contribution is 0.00403. The molecule has 4 nitrogen and oxygen atoms in total. The van der Waals surface area contributed by atoms with Gasteiger partial charge in [-0.3, -0.25) is 0 Å². The first kappa shape index (κ1) is 38.2. The summed E-state index contributed by atoms with van der Waals surface area (Å²) in [7, 11) is -4.67. The molecule has 2 fully saturated rings. The Morgan fingerprint density at radius 1 is 1.02 bits per heavy atom. The summed E-state index contributed by atoms with van der Waals surface area (Å²) in [6, 6.07) is 9.34. The molecular weight excluding hydrogens is 633 g/mol. The molecular formula is C40H62O4SSi2. The Hall–Kier alpha value is -1.65. The number of benzene rings is 1. The van der Waals surface area contributed by atoms with Crippen LogP contribution in [-0.4, -0.2) is 33.0 Å². The Balaban J connectivity index is 1.79. The van der Waals surface area contributed by atoms with Crippen molar-refractivity contribution < 1.29 is 18.4 Å². The van der Waals surface area contributed by atoms with Gasteiger partial charge in [0.15, 0.2) is 16.6 Å². The van der Waals surface area contributed by atoms with Gasteiger partial charge in [0.05, 0.1) is 6.10 Å². The van der Waals surface area contributed by atoms with Crippen molar-refractivity contribution in [2.45, 2.75) is 148 Å². The summed E-state index contributed by atoms with van der Waals surface area (Å²) < 4.78 is 20.7. The van der Waals surface area contributed by atoms with Crippen LogP contribution in [0.3, 0.4) is 0 Å². The Morgan fingerprint density at radius 3 is 2.26 bits per heavy atom. The maximum absolute atomic E-state index is 13.9. The number of allylic oxidation sites excluding steroid dienone is 5. The SMILES string of the molecule is C=C1CC(O[Si](C)(C)C(C)(C)C)[C@](O[Si](C)(C)C(C)(C)C)(SC(=O)Oc2ccccc2)CC1=CC=C1CCC[C@]2(C)C(CC)=CC[C@@H]12. The van der Waals surface area contributed by atoms with Crippen molar-refractivity contribution in [1.29, 1.82) is 0 Å². The van der Waals surface area contributed by atoms with Crippen molar-refractivity contribution in [3.8, 4) is 5.75 Å². The molecule has 0 N–H and O–H groups in total. The van der Waals surface area contributed by atoms with E-state index < -0.39 is 21.6 Å². The minimum Gasteiger partial charge on any atom is -0.418 e. The normalized spacial score (nSPS) is 29.2. The molecule has 1 aromatic carbocycles. The fraction of sp³-hybridized carbons (Fsp3) is 0.625. The number of thioether (sulfide) groups is 1. The number of carbonyl (C=O) groups is 1. The first-order valence-electron chi connectivity index (χ1n) is 17.8. The fourth-order valence-corrected chi connectivity index (χ4v) is 11.6. The summed E-state index contributed by atoms with van der Waals surface area (Å²) in [4.78, 5) is 13.0. The number of hydrogen-bond acceptors (Lipinski definition) is 5. The largest absolute Gasteiger partial charge is 0.418 e. The summed E-state index contributed by atoms with van der Waals surface area (Å²) in [6.07, 6.45) is 13.9. The Morgan fingerprint density at radius 2 is 1.66 bits per heavy atom. The van der Waals surface area contributed by atoms with Gasteiger partial charge in [-0.25, -0.2) is 4.79 Å². The van der Waals surface area contributed by atoms with Gasteiger partial charge in [0.2, 0.25) is 0 Å². The van der Waals surface area contributed by atoms with E-state index in [-0.39, 0.29) is 26.9 Å². The van der Waals surface area contributed by atoms with E-state index in [1.54, 1.807) is 11.1 Å². The molecule has 3 aliphatic rings. The third kappa shape index (κ3) is 8.22. The Labute approximate surface area is 293 Å². The minimum absolute atomic E-state index is 0.00686. The molecule has 7 heteroatoms. The summed E-state index contributed by atoms with van der Waals surface area (Å²) in [5.74, 6) is 1.10. The summed E-state index contributed by atoms with van der Waals surface area (Å²) in [5.41, 5.74) is 5.68. The lowest BCUT2D eigenvalue weighted by Gasteiger charge is -2.53. The van der Waals surface area contributed by atoms with E-state index in [1.807, 2.05) is 30.3 Å². The zero-order valence-corrected chi connectivity index (χ0v) is 34.3. The third-order valence-electron chi connectivity index (χ3n) is 12.1. The van der Waals surface area contributed by atoms with Crippen LogP contribution >= 0.6 is 11.8 Å². The molecule has 4 atom stereocenters. The highest BCUT2D eigenvalue weighted by Crippen LogP contribution is 2.56. The van der Waals surface area contributed by atoms with E-state index in [4.69, 9.17) is 13.6 Å². The molecule has 0 aliphatic heterocycles. The number of ether oxygens (including phenoxy) is 1. The van der Waals surface area contributed by atoms with Gasteiger partial charge in [-0.15, -0.1) is 0 Å². The van der Waals surface area contributed by atoms with Crippen LogP contribution in [0, 0.1) is 11.3 Å². The number of para-hydroxylation sites is 1. The van der Waals surface area contributed by atoms with E-state index in [1.165, 1.54) is 24.6 Å². The molecule has 0 saturated heterocycles. The van der Waals surface area contributed by atoms with Crippen LogP contribution in [0.5, 0.6) is 5.75 Å². The van der Waals surface area contributed by atoms with Crippen LogP contribution in [0.4, 0.5) is 4.79 Å². The van der Waals surface area contributed by atoms with E-state index in [2.05, 4.69) is 106 Å². The second-order valence-corrected chi connectivity index (χ2v) is 28.1. The molecule has 0 radical (unpaired) electrons. The van der Waals surface area contributed by atoms with E-state index in [9.17, 15) is 4.79 Å². The van der Waals surface area contributed by atoms with Gasteiger partial charge in [0, 0.05) is 12.8 Å². The van der Waals surface area contributed by atoms with Gasteiger partial charge in [-0.2, -0.15) is 0 Å². The van der Waals surface area contributed by atoms with Crippen LogP contribution in [0.25, 0.3) is 0 Å². The average Bonchev–Trinajstić information content (AvgIpc) is 3.29. The number of fused-ring (bicyclic) bond motifs is 1. The van der Waals surface area contributed by atoms with E-state index in [0.717, 1.165) is 30.4 Å². The van der Waals surface area contributed by atoms with E-state index >= 15 is 0 Å². The fourth-order valence-electron chi connectivity index (χ4n) is 7.07. The smallest absolute Gasteiger partial charge is 0.375 e. The quantitative estimate of drug-likeness (QED) is 0.117. The Kier molecular flexibility index (Phi) is 11.3.